The number of hydrogen-bond acceptors (Lipinski definition) is 5. The number of aryl methyl sites for hydroxylation is 1. The molecule has 1 aromatic heterocycles. The van der Waals surface area contributed by atoms with Crippen molar-refractivity contribution in [3.8, 4) is 0 Å². The molecule has 162 valence electrons. The highest BCUT2D eigenvalue weighted by Crippen LogP contribution is 2.16. The maximum atomic E-state index is 12.7. The van der Waals surface area contributed by atoms with Gasteiger partial charge in [0.1, 0.15) is 0 Å². The fraction of sp³-hybridized carbons (Fsp3) is 0.333. The number of carbonyl (C=O) groups is 1. The lowest BCUT2D eigenvalue weighted by Gasteiger charge is -2.23. The van der Waals surface area contributed by atoms with Crippen molar-refractivity contribution in [2.75, 3.05) is 18.0 Å². The molecular weight excluding hydrogens is 390 g/mol. The van der Waals surface area contributed by atoms with E-state index in [1.165, 1.54) is 10.4 Å². The van der Waals surface area contributed by atoms with Crippen molar-refractivity contribution in [2.24, 2.45) is 5.10 Å². The smallest absolute Gasteiger partial charge is 0.292 e. The fourth-order valence-electron chi connectivity index (χ4n) is 3.52. The number of nitrogens with one attached hydrogen (secondary N) is 1. The zero-order chi connectivity index (χ0) is 22.2. The number of amides is 1. The summed E-state index contributed by atoms with van der Waals surface area (Å²) in [5.41, 5.74) is 4.57. The largest absolute Gasteiger partial charge is 0.372 e. The van der Waals surface area contributed by atoms with E-state index in [2.05, 4.69) is 46.5 Å². The van der Waals surface area contributed by atoms with Crippen LogP contribution in [0.3, 0.4) is 0 Å². The molecule has 3 rings (SSSR count). The number of hydrazone groups is 1. The zero-order valence-corrected chi connectivity index (χ0v) is 18.3. The molecule has 0 aliphatic rings. The Kier molecular flexibility index (Phi) is 7.54. The molecule has 0 unspecified atom stereocenters. The Hall–Kier alpha value is -3.48. The minimum absolute atomic E-state index is 0.180. The Balaban J connectivity index is 1.75. The van der Waals surface area contributed by atoms with E-state index in [1.54, 1.807) is 30.5 Å². The van der Waals surface area contributed by atoms with Crippen molar-refractivity contribution >= 4 is 28.6 Å². The molecule has 0 saturated heterocycles. The van der Waals surface area contributed by atoms with Crippen LogP contribution in [0.2, 0.25) is 0 Å². The predicted octanol–water partition coefficient (Wildman–Crippen LogP) is 3.81. The lowest BCUT2D eigenvalue weighted by atomic mass is 10.1. The summed E-state index contributed by atoms with van der Waals surface area (Å²) in [6.45, 7) is 8.60. The van der Waals surface area contributed by atoms with Gasteiger partial charge in [-0.3, -0.25) is 9.59 Å². The third kappa shape index (κ3) is 5.17. The SMILES string of the molecule is CCCN(CCC)c1ccc(/C=N\NC(=O)c2nn(CC)c(=O)c3ccccc23)cc1. The first kappa shape index (κ1) is 22.2. The first-order chi connectivity index (χ1) is 15.1. The average molecular weight is 420 g/mol. The van der Waals surface area contributed by atoms with Crippen LogP contribution in [0.25, 0.3) is 10.8 Å². The highest BCUT2D eigenvalue weighted by atomic mass is 16.2. The van der Waals surface area contributed by atoms with E-state index < -0.39 is 5.91 Å². The van der Waals surface area contributed by atoms with E-state index in [9.17, 15) is 9.59 Å². The third-order valence-electron chi connectivity index (χ3n) is 5.01. The van der Waals surface area contributed by atoms with E-state index in [4.69, 9.17) is 0 Å². The van der Waals surface area contributed by atoms with Crippen molar-refractivity contribution in [3.63, 3.8) is 0 Å². The molecule has 7 nitrogen and oxygen atoms in total. The quantitative estimate of drug-likeness (QED) is 0.423. The molecule has 0 spiro atoms. The molecule has 0 aliphatic carbocycles. The predicted molar refractivity (Wildman–Crippen MR) is 126 cm³/mol. The first-order valence-electron chi connectivity index (χ1n) is 10.8. The average Bonchev–Trinajstić information content (AvgIpc) is 2.80. The van der Waals surface area contributed by atoms with Crippen LogP contribution in [0, 0.1) is 0 Å². The topological polar surface area (TPSA) is 79.6 Å². The van der Waals surface area contributed by atoms with Gasteiger partial charge in [-0.15, -0.1) is 0 Å². The second-order valence-electron chi connectivity index (χ2n) is 7.29. The van der Waals surface area contributed by atoms with Crippen molar-refractivity contribution in [1.82, 2.24) is 15.2 Å². The summed E-state index contributed by atoms with van der Waals surface area (Å²) in [6.07, 6.45) is 3.80. The van der Waals surface area contributed by atoms with Gasteiger partial charge < -0.3 is 4.90 Å². The Bertz CT molecular complexity index is 1110. The number of anilines is 1. The van der Waals surface area contributed by atoms with Crippen LogP contribution in [0.1, 0.15) is 49.7 Å². The maximum absolute atomic E-state index is 12.7. The molecule has 0 aliphatic heterocycles. The van der Waals surface area contributed by atoms with Crippen LogP contribution in [0.4, 0.5) is 5.69 Å². The Morgan fingerprint density at radius 2 is 1.68 bits per heavy atom. The minimum atomic E-state index is -0.455. The fourth-order valence-corrected chi connectivity index (χ4v) is 3.52. The van der Waals surface area contributed by atoms with Crippen molar-refractivity contribution in [1.29, 1.82) is 0 Å². The number of carbonyl (C=O) groups excluding carboxylic acids is 1. The first-order valence-corrected chi connectivity index (χ1v) is 10.8. The molecule has 0 atom stereocenters. The molecule has 3 aromatic rings. The second kappa shape index (κ2) is 10.5. The summed E-state index contributed by atoms with van der Waals surface area (Å²) >= 11 is 0. The molecule has 2 aromatic carbocycles. The third-order valence-corrected chi connectivity index (χ3v) is 5.01. The van der Waals surface area contributed by atoms with E-state index >= 15 is 0 Å². The molecule has 0 fully saturated rings. The molecule has 1 heterocycles. The van der Waals surface area contributed by atoms with Gasteiger partial charge in [-0.05, 0) is 43.5 Å². The number of nitrogens with zero attached hydrogens (tertiary/aromatic N) is 4. The van der Waals surface area contributed by atoms with Crippen LogP contribution in [-0.4, -0.2) is 35.0 Å². The number of benzene rings is 2. The van der Waals surface area contributed by atoms with E-state index in [0.29, 0.717) is 17.3 Å². The van der Waals surface area contributed by atoms with Crippen LogP contribution in [0.15, 0.2) is 58.4 Å². The van der Waals surface area contributed by atoms with Gasteiger partial charge in [0.25, 0.3) is 11.5 Å². The molecule has 0 radical (unpaired) electrons. The monoisotopic (exact) mass is 419 g/mol. The normalized spacial score (nSPS) is 11.2. The van der Waals surface area contributed by atoms with Gasteiger partial charge in [0, 0.05) is 30.7 Å². The number of rotatable bonds is 9. The number of fused-ring (bicyclic) bond motifs is 1. The van der Waals surface area contributed by atoms with Gasteiger partial charge in [-0.1, -0.05) is 44.2 Å². The van der Waals surface area contributed by atoms with Crippen molar-refractivity contribution in [2.45, 2.75) is 40.2 Å². The van der Waals surface area contributed by atoms with Gasteiger partial charge in [0.05, 0.1) is 11.6 Å². The summed E-state index contributed by atoms with van der Waals surface area (Å²) in [6, 6.07) is 15.1. The Morgan fingerprint density at radius 1 is 1.03 bits per heavy atom. The summed E-state index contributed by atoms with van der Waals surface area (Å²) in [5.74, 6) is -0.455. The van der Waals surface area contributed by atoms with Crippen molar-refractivity contribution in [3.05, 3.63) is 70.1 Å². The second-order valence-corrected chi connectivity index (χ2v) is 7.29. The van der Waals surface area contributed by atoms with Crippen molar-refractivity contribution < 1.29 is 4.79 Å². The minimum Gasteiger partial charge on any atom is -0.372 e. The van der Waals surface area contributed by atoms with E-state index in [1.807, 2.05) is 19.1 Å². The van der Waals surface area contributed by atoms with Crippen LogP contribution >= 0.6 is 0 Å². The molecule has 1 N–H and O–H groups in total. The lowest BCUT2D eigenvalue weighted by Crippen LogP contribution is -2.28. The summed E-state index contributed by atoms with van der Waals surface area (Å²) in [7, 11) is 0. The Labute approximate surface area is 182 Å². The van der Waals surface area contributed by atoms with Gasteiger partial charge in [-0.25, -0.2) is 10.1 Å². The van der Waals surface area contributed by atoms with Gasteiger partial charge in [-0.2, -0.15) is 10.2 Å². The summed E-state index contributed by atoms with van der Waals surface area (Å²) in [4.78, 5) is 27.5. The van der Waals surface area contributed by atoms with Crippen LogP contribution in [-0.2, 0) is 6.54 Å². The van der Waals surface area contributed by atoms with Crippen LogP contribution < -0.4 is 15.9 Å². The standard InChI is InChI=1S/C24H29N5O2/c1-4-15-28(16-5-2)19-13-11-18(12-14-19)17-25-26-23(30)22-20-9-7-8-10-21(20)24(31)29(6-3)27-22/h7-14,17H,4-6,15-16H2,1-3H3,(H,26,30)/b25-17-. The van der Waals surface area contributed by atoms with Gasteiger partial charge in [0.15, 0.2) is 5.69 Å². The number of hydrogen-bond donors (Lipinski definition) is 1. The molecule has 1 amide bonds. The number of aromatic nitrogens is 2. The molecule has 0 bridgehead atoms. The highest BCUT2D eigenvalue weighted by molar-refractivity contribution is 6.04. The summed E-state index contributed by atoms with van der Waals surface area (Å²) < 4.78 is 1.29. The van der Waals surface area contributed by atoms with Gasteiger partial charge in [0.2, 0.25) is 0 Å². The molecular formula is C24H29N5O2. The van der Waals surface area contributed by atoms with Crippen LogP contribution in [0.5, 0.6) is 0 Å². The Morgan fingerprint density at radius 3 is 2.29 bits per heavy atom. The lowest BCUT2D eigenvalue weighted by molar-refractivity contribution is 0.0949. The molecule has 7 heteroatoms. The van der Waals surface area contributed by atoms with E-state index in [-0.39, 0.29) is 11.3 Å². The molecule has 0 saturated carbocycles. The van der Waals surface area contributed by atoms with Gasteiger partial charge >= 0.3 is 0 Å². The highest BCUT2D eigenvalue weighted by Gasteiger charge is 2.15. The zero-order valence-electron chi connectivity index (χ0n) is 18.3. The molecule has 31 heavy (non-hydrogen) atoms. The van der Waals surface area contributed by atoms with E-state index in [0.717, 1.165) is 31.5 Å². The summed E-state index contributed by atoms with van der Waals surface area (Å²) in [5, 5.41) is 9.29. The maximum Gasteiger partial charge on any atom is 0.292 e.